The predicted octanol–water partition coefficient (Wildman–Crippen LogP) is 3.10. The van der Waals surface area contributed by atoms with Crippen molar-refractivity contribution in [2.24, 2.45) is 0 Å². The van der Waals surface area contributed by atoms with Crippen LogP contribution in [0.4, 0.5) is 0 Å². The van der Waals surface area contributed by atoms with Gasteiger partial charge in [0.1, 0.15) is 0 Å². The minimum Gasteiger partial charge on any atom is -0.382 e. The van der Waals surface area contributed by atoms with Crippen LogP contribution >= 0.6 is 0 Å². The Balaban J connectivity index is -0.000000149. The Bertz CT molecular complexity index is 28.4. The Hall–Kier alpha value is -0.0400. The Labute approximate surface area is 60.9 Å². The smallest absolute Gasteiger partial charge is 0.0465 e. The van der Waals surface area contributed by atoms with E-state index in [1.807, 2.05) is 20.8 Å². The third-order valence-corrected chi connectivity index (χ3v) is 0.846. The maximum Gasteiger partial charge on any atom is 0.0465 e. The van der Waals surface area contributed by atoms with E-state index in [1.165, 1.54) is 12.8 Å². The zero-order valence-corrected chi connectivity index (χ0v) is 7.24. The fraction of sp³-hybridized carbons (Fsp3) is 1.00. The summed E-state index contributed by atoms with van der Waals surface area (Å²) in [5.74, 6) is 0. The lowest BCUT2D eigenvalue weighted by Gasteiger charge is -1.94. The number of unbranched alkanes of at least 4 members (excludes halogenated alkanes) is 1. The van der Waals surface area contributed by atoms with Gasteiger partial charge in [0, 0.05) is 14.6 Å². The minimum atomic E-state index is 0. The Morgan fingerprint density at radius 3 is 2.11 bits per heavy atom. The van der Waals surface area contributed by atoms with Gasteiger partial charge in [-0.15, -0.1) is 0 Å². The van der Waals surface area contributed by atoms with Gasteiger partial charge in [0.25, 0.3) is 0 Å². The second-order valence-electron chi connectivity index (χ2n) is 1.55. The molecule has 0 saturated heterocycles. The molecule has 0 aliphatic carbocycles. The van der Waals surface area contributed by atoms with Crippen LogP contribution in [0.1, 0.15) is 42.0 Å². The molecule has 1 nitrogen and oxygen atoms in total. The average molecular weight is 134 g/mol. The highest BCUT2D eigenvalue weighted by atomic mass is 16.5. The Kier molecular flexibility index (Phi) is 20.4. The third-order valence-electron chi connectivity index (χ3n) is 0.846. The Morgan fingerprint density at radius 2 is 1.78 bits per heavy atom. The topological polar surface area (TPSA) is 9.23 Å². The maximum absolute atomic E-state index is 5.07. The van der Waals surface area contributed by atoms with Crippen molar-refractivity contribution in [3.63, 3.8) is 0 Å². The van der Waals surface area contributed by atoms with Crippen molar-refractivity contribution in [1.29, 1.82) is 0 Å². The summed E-state index contributed by atoms with van der Waals surface area (Å²) in [6, 6.07) is 0. The van der Waals surface area contributed by atoms with Crippen LogP contribution in [0.2, 0.25) is 0 Å². The third kappa shape index (κ3) is 18.0. The standard InChI is InChI=1S/C6H14O.C2H6.H2/c1-3-5-6-7-4-2;1-2;/h3-6H2,1-2H3;1-2H3;1H. The van der Waals surface area contributed by atoms with Gasteiger partial charge < -0.3 is 4.74 Å². The molecule has 0 spiro atoms. The average Bonchev–Trinajstić information content (AvgIpc) is 1.94. The van der Waals surface area contributed by atoms with E-state index in [4.69, 9.17) is 4.74 Å². The summed E-state index contributed by atoms with van der Waals surface area (Å²) in [4.78, 5) is 0. The van der Waals surface area contributed by atoms with Crippen LogP contribution < -0.4 is 0 Å². The number of rotatable bonds is 4. The van der Waals surface area contributed by atoms with E-state index in [1.54, 1.807) is 0 Å². The molecule has 0 aliphatic rings. The monoisotopic (exact) mass is 134 g/mol. The fourth-order valence-electron chi connectivity index (χ4n) is 0.391. The molecule has 0 aromatic carbocycles. The molecule has 0 aromatic heterocycles. The molecule has 0 saturated carbocycles. The highest BCUT2D eigenvalue weighted by Crippen LogP contribution is 1.85. The highest BCUT2D eigenvalue weighted by molar-refractivity contribution is 4.28. The van der Waals surface area contributed by atoms with Gasteiger partial charge >= 0.3 is 0 Å². The number of hydrogen-bond acceptors (Lipinski definition) is 1. The zero-order chi connectivity index (χ0) is 7.54. The van der Waals surface area contributed by atoms with Crippen LogP contribution in [0.15, 0.2) is 0 Å². The van der Waals surface area contributed by atoms with E-state index in [0.717, 1.165) is 13.2 Å². The summed E-state index contributed by atoms with van der Waals surface area (Å²) in [5.41, 5.74) is 0. The largest absolute Gasteiger partial charge is 0.382 e. The normalized spacial score (nSPS) is 8.00. The first-order chi connectivity index (χ1) is 4.41. The van der Waals surface area contributed by atoms with Gasteiger partial charge in [0.2, 0.25) is 0 Å². The first-order valence-electron chi connectivity index (χ1n) is 3.99. The van der Waals surface area contributed by atoms with Gasteiger partial charge in [-0.05, 0) is 13.3 Å². The molecule has 0 heterocycles. The second-order valence-corrected chi connectivity index (χ2v) is 1.55. The molecule has 0 amide bonds. The lowest BCUT2D eigenvalue weighted by atomic mass is 10.4. The van der Waals surface area contributed by atoms with E-state index >= 15 is 0 Å². The SMILES string of the molecule is CC.CCCCOCC.[HH]. The van der Waals surface area contributed by atoms with Crippen LogP contribution in [0, 0.1) is 0 Å². The predicted molar refractivity (Wildman–Crippen MR) is 44.9 cm³/mol. The number of ether oxygens (including phenoxy) is 1. The van der Waals surface area contributed by atoms with Crippen molar-refractivity contribution in [2.75, 3.05) is 13.2 Å². The van der Waals surface area contributed by atoms with E-state index in [-0.39, 0.29) is 1.43 Å². The van der Waals surface area contributed by atoms with Crippen molar-refractivity contribution in [3.05, 3.63) is 0 Å². The van der Waals surface area contributed by atoms with Crippen molar-refractivity contribution >= 4 is 0 Å². The zero-order valence-electron chi connectivity index (χ0n) is 7.24. The Morgan fingerprint density at radius 1 is 1.22 bits per heavy atom. The fourth-order valence-corrected chi connectivity index (χ4v) is 0.391. The van der Waals surface area contributed by atoms with Gasteiger partial charge in [-0.2, -0.15) is 0 Å². The van der Waals surface area contributed by atoms with E-state index in [9.17, 15) is 0 Å². The molecule has 9 heavy (non-hydrogen) atoms. The van der Waals surface area contributed by atoms with Gasteiger partial charge in [0.05, 0.1) is 0 Å². The molecule has 0 rings (SSSR count). The molecule has 0 N–H and O–H groups in total. The van der Waals surface area contributed by atoms with Crippen LogP contribution in [0.25, 0.3) is 0 Å². The van der Waals surface area contributed by atoms with E-state index < -0.39 is 0 Å². The minimum absolute atomic E-state index is 0. The summed E-state index contributed by atoms with van der Waals surface area (Å²) in [6.45, 7) is 9.99. The molecule has 0 aliphatic heterocycles. The second kappa shape index (κ2) is 15.7. The quantitative estimate of drug-likeness (QED) is 0.537. The van der Waals surface area contributed by atoms with E-state index in [2.05, 4.69) is 6.92 Å². The first kappa shape index (κ1) is 11.7. The molecule has 0 bridgehead atoms. The molecule has 0 fully saturated rings. The van der Waals surface area contributed by atoms with Crippen molar-refractivity contribution < 1.29 is 6.16 Å². The summed E-state index contributed by atoms with van der Waals surface area (Å²) >= 11 is 0. The van der Waals surface area contributed by atoms with Crippen LogP contribution in [-0.4, -0.2) is 13.2 Å². The summed E-state index contributed by atoms with van der Waals surface area (Å²) in [6.07, 6.45) is 2.44. The molecule has 0 atom stereocenters. The first-order valence-corrected chi connectivity index (χ1v) is 3.99. The molecule has 1 heteroatoms. The van der Waals surface area contributed by atoms with Crippen LogP contribution in [0.3, 0.4) is 0 Å². The maximum atomic E-state index is 5.07. The van der Waals surface area contributed by atoms with Gasteiger partial charge in [-0.3, -0.25) is 0 Å². The molecular weight excluding hydrogens is 112 g/mol. The van der Waals surface area contributed by atoms with Crippen molar-refractivity contribution in [2.45, 2.75) is 40.5 Å². The summed E-state index contributed by atoms with van der Waals surface area (Å²) in [5, 5.41) is 0. The summed E-state index contributed by atoms with van der Waals surface area (Å²) in [7, 11) is 0. The van der Waals surface area contributed by atoms with E-state index in [0.29, 0.717) is 0 Å². The number of hydrogen-bond donors (Lipinski definition) is 0. The molecule has 0 radical (unpaired) electrons. The molecule has 0 unspecified atom stereocenters. The lowest BCUT2D eigenvalue weighted by molar-refractivity contribution is 0.144. The molecule has 0 aromatic rings. The van der Waals surface area contributed by atoms with Crippen molar-refractivity contribution in [3.8, 4) is 0 Å². The highest BCUT2D eigenvalue weighted by Gasteiger charge is 1.78. The van der Waals surface area contributed by atoms with Crippen LogP contribution in [-0.2, 0) is 4.74 Å². The lowest BCUT2D eigenvalue weighted by Crippen LogP contribution is -1.90. The van der Waals surface area contributed by atoms with Gasteiger partial charge in [0.15, 0.2) is 0 Å². The van der Waals surface area contributed by atoms with Gasteiger partial charge in [-0.1, -0.05) is 27.2 Å². The molecular formula is C8H22O. The van der Waals surface area contributed by atoms with Gasteiger partial charge in [-0.25, -0.2) is 0 Å². The van der Waals surface area contributed by atoms with Crippen LogP contribution in [0.5, 0.6) is 0 Å². The summed E-state index contributed by atoms with van der Waals surface area (Å²) < 4.78 is 5.07. The van der Waals surface area contributed by atoms with Crippen molar-refractivity contribution in [1.82, 2.24) is 0 Å². The molecule has 60 valence electrons.